The lowest BCUT2D eigenvalue weighted by atomic mass is 10.1. The van der Waals surface area contributed by atoms with Gasteiger partial charge in [-0.15, -0.1) is 0 Å². The number of benzene rings is 2. The Bertz CT molecular complexity index is 891. The first-order valence-corrected chi connectivity index (χ1v) is 9.67. The second-order valence-electron chi connectivity index (χ2n) is 6.95. The van der Waals surface area contributed by atoms with Crippen molar-refractivity contribution in [2.45, 2.75) is 32.4 Å². The Morgan fingerprint density at radius 2 is 1.76 bits per heavy atom. The minimum Gasteiger partial charge on any atom is -0.376 e. The SMILES string of the molecule is Cc1ccccc1CNC(=O)c1ccccc1NC(=O)C(=O)NC[C@@H]1CCCO1. The average molecular weight is 395 g/mol. The molecule has 1 saturated heterocycles. The van der Waals surface area contributed by atoms with Crippen molar-refractivity contribution < 1.29 is 19.1 Å². The fourth-order valence-corrected chi connectivity index (χ4v) is 3.14. The third kappa shape index (κ3) is 5.65. The summed E-state index contributed by atoms with van der Waals surface area (Å²) in [5.41, 5.74) is 2.67. The lowest BCUT2D eigenvalue weighted by Gasteiger charge is -2.13. The van der Waals surface area contributed by atoms with Crippen LogP contribution in [-0.4, -0.2) is 37.0 Å². The van der Waals surface area contributed by atoms with E-state index in [1.807, 2.05) is 31.2 Å². The molecule has 0 aliphatic carbocycles. The van der Waals surface area contributed by atoms with Gasteiger partial charge in [0.2, 0.25) is 0 Å². The van der Waals surface area contributed by atoms with Crippen LogP contribution in [-0.2, 0) is 20.9 Å². The maximum atomic E-state index is 12.6. The molecule has 0 saturated carbocycles. The molecule has 1 aliphatic rings. The second kappa shape index (κ2) is 9.84. The van der Waals surface area contributed by atoms with Crippen LogP contribution in [0.1, 0.15) is 34.3 Å². The van der Waals surface area contributed by atoms with Gasteiger partial charge in [0.15, 0.2) is 0 Å². The van der Waals surface area contributed by atoms with Crippen LogP contribution in [0.4, 0.5) is 5.69 Å². The van der Waals surface area contributed by atoms with E-state index in [4.69, 9.17) is 4.74 Å². The fourth-order valence-electron chi connectivity index (χ4n) is 3.14. The molecule has 0 unspecified atom stereocenters. The van der Waals surface area contributed by atoms with Gasteiger partial charge in [0.1, 0.15) is 0 Å². The third-order valence-electron chi connectivity index (χ3n) is 4.84. The summed E-state index contributed by atoms with van der Waals surface area (Å²) in [6.45, 7) is 3.32. The molecule has 3 rings (SSSR count). The molecule has 2 aromatic rings. The molecule has 2 aromatic carbocycles. The molecular formula is C22H25N3O4. The monoisotopic (exact) mass is 395 g/mol. The van der Waals surface area contributed by atoms with Crippen molar-refractivity contribution in [1.82, 2.24) is 10.6 Å². The van der Waals surface area contributed by atoms with Gasteiger partial charge in [-0.2, -0.15) is 0 Å². The Morgan fingerprint density at radius 1 is 1.00 bits per heavy atom. The number of nitrogens with one attached hydrogen (secondary N) is 3. The van der Waals surface area contributed by atoms with E-state index in [-0.39, 0.29) is 17.7 Å². The molecule has 3 N–H and O–H groups in total. The Hall–Kier alpha value is -3.19. The Labute approximate surface area is 169 Å². The highest BCUT2D eigenvalue weighted by molar-refractivity contribution is 6.40. The maximum Gasteiger partial charge on any atom is 0.313 e. The zero-order chi connectivity index (χ0) is 20.6. The molecule has 7 nitrogen and oxygen atoms in total. The lowest BCUT2D eigenvalue weighted by molar-refractivity contribution is -0.136. The second-order valence-corrected chi connectivity index (χ2v) is 6.95. The van der Waals surface area contributed by atoms with E-state index >= 15 is 0 Å². The van der Waals surface area contributed by atoms with Gasteiger partial charge >= 0.3 is 11.8 Å². The Balaban J connectivity index is 1.58. The first kappa shape index (κ1) is 20.5. The number of aryl methyl sites for hydroxylation is 1. The van der Waals surface area contributed by atoms with E-state index in [0.717, 1.165) is 24.0 Å². The van der Waals surface area contributed by atoms with Crippen LogP contribution >= 0.6 is 0 Å². The molecule has 3 amide bonds. The minimum atomic E-state index is -0.817. The Kier molecular flexibility index (Phi) is 6.97. The van der Waals surface area contributed by atoms with Crippen LogP contribution in [0.25, 0.3) is 0 Å². The summed E-state index contributed by atoms with van der Waals surface area (Å²) in [4.78, 5) is 36.9. The molecule has 0 bridgehead atoms. The zero-order valence-electron chi connectivity index (χ0n) is 16.4. The summed E-state index contributed by atoms with van der Waals surface area (Å²) in [7, 11) is 0. The largest absolute Gasteiger partial charge is 0.376 e. The number of rotatable bonds is 6. The van der Waals surface area contributed by atoms with E-state index in [0.29, 0.717) is 25.3 Å². The van der Waals surface area contributed by atoms with Crippen LogP contribution in [0.2, 0.25) is 0 Å². The number of carbonyl (C=O) groups excluding carboxylic acids is 3. The summed E-state index contributed by atoms with van der Waals surface area (Å²) in [5.74, 6) is -1.90. The quantitative estimate of drug-likeness (QED) is 0.653. The maximum absolute atomic E-state index is 12.6. The topological polar surface area (TPSA) is 96.5 Å². The molecule has 1 aliphatic heterocycles. The van der Waals surface area contributed by atoms with Crippen LogP contribution < -0.4 is 16.0 Å². The van der Waals surface area contributed by atoms with Crippen molar-refractivity contribution in [2.24, 2.45) is 0 Å². The molecule has 0 aromatic heterocycles. The van der Waals surface area contributed by atoms with Crippen molar-refractivity contribution in [2.75, 3.05) is 18.5 Å². The smallest absolute Gasteiger partial charge is 0.313 e. The van der Waals surface area contributed by atoms with Crippen molar-refractivity contribution in [3.8, 4) is 0 Å². The van der Waals surface area contributed by atoms with Crippen LogP contribution in [0.5, 0.6) is 0 Å². The van der Waals surface area contributed by atoms with Gasteiger partial charge in [-0.25, -0.2) is 0 Å². The van der Waals surface area contributed by atoms with Crippen molar-refractivity contribution in [1.29, 1.82) is 0 Å². The molecule has 1 fully saturated rings. The van der Waals surface area contributed by atoms with E-state index in [1.54, 1.807) is 24.3 Å². The normalized spacial score (nSPS) is 15.6. The molecule has 152 valence electrons. The van der Waals surface area contributed by atoms with Crippen LogP contribution in [0.3, 0.4) is 0 Å². The molecule has 1 heterocycles. The van der Waals surface area contributed by atoms with E-state index in [2.05, 4.69) is 16.0 Å². The summed E-state index contributed by atoms with van der Waals surface area (Å²) in [6.07, 6.45) is 1.77. The van der Waals surface area contributed by atoms with Crippen molar-refractivity contribution in [3.05, 3.63) is 65.2 Å². The standard InChI is InChI=1S/C22H25N3O4/c1-15-7-2-3-8-16(15)13-23-20(26)18-10-4-5-11-19(18)25-22(28)21(27)24-14-17-9-6-12-29-17/h2-5,7-8,10-11,17H,6,9,12-14H2,1H3,(H,23,26)(H,24,27)(H,25,28)/t17-/m0/s1. The number of hydrogen-bond acceptors (Lipinski definition) is 4. The molecule has 1 atom stereocenters. The van der Waals surface area contributed by atoms with Crippen LogP contribution in [0.15, 0.2) is 48.5 Å². The molecule has 0 spiro atoms. The lowest BCUT2D eigenvalue weighted by Crippen LogP contribution is -2.39. The third-order valence-corrected chi connectivity index (χ3v) is 4.84. The molecule has 29 heavy (non-hydrogen) atoms. The first-order chi connectivity index (χ1) is 14.0. The number of amides is 3. The van der Waals surface area contributed by atoms with Gasteiger partial charge in [0.05, 0.1) is 17.4 Å². The van der Waals surface area contributed by atoms with E-state index in [1.165, 1.54) is 0 Å². The van der Waals surface area contributed by atoms with E-state index < -0.39 is 11.8 Å². The van der Waals surface area contributed by atoms with Gasteiger partial charge in [0.25, 0.3) is 5.91 Å². The van der Waals surface area contributed by atoms with Gasteiger partial charge < -0.3 is 20.7 Å². The highest BCUT2D eigenvalue weighted by Crippen LogP contribution is 2.16. The minimum absolute atomic E-state index is 0.0498. The number of hydrogen-bond donors (Lipinski definition) is 3. The number of carbonyl (C=O) groups is 3. The highest BCUT2D eigenvalue weighted by atomic mass is 16.5. The average Bonchev–Trinajstić information content (AvgIpc) is 3.25. The highest BCUT2D eigenvalue weighted by Gasteiger charge is 2.21. The predicted octanol–water partition coefficient (Wildman–Crippen LogP) is 2.16. The fraction of sp³-hybridized carbons (Fsp3) is 0.318. The Morgan fingerprint density at radius 3 is 2.52 bits per heavy atom. The van der Waals surface area contributed by atoms with Crippen LogP contribution in [0, 0.1) is 6.92 Å². The summed E-state index contributed by atoms with van der Waals surface area (Å²) in [6, 6.07) is 14.4. The number of anilines is 1. The number of ether oxygens (including phenoxy) is 1. The summed E-state index contributed by atoms with van der Waals surface area (Å²) < 4.78 is 5.42. The zero-order valence-corrected chi connectivity index (χ0v) is 16.4. The molecular weight excluding hydrogens is 370 g/mol. The van der Waals surface area contributed by atoms with Gasteiger partial charge in [-0.1, -0.05) is 36.4 Å². The van der Waals surface area contributed by atoms with Gasteiger partial charge in [-0.3, -0.25) is 14.4 Å². The van der Waals surface area contributed by atoms with Gasteiger partial charge in [-0.05, 0) is 43.0 Å². The molecule has 7 heteroatoms. The van der Waals surface area contributed by atoms with Crippen molar-refractivity contribution >= 4 is 23.4 Å². The van der Waals surface area contributed by atoms with Gasteiger partial charge in [0, 0.05) is 19.7 Å². The summed E-state index contributed by atoms with van der Waals surface area (Å²) >= 11 is 0. The van der Waals surface area contributed by atoms with E-state index in [9.17, 15) is 14.4 Å². The van der Waals surface area contributed by atoms with Crippen molar-refractivity contribution in [3.63, 3.8) is 0 Å². The summed E-state index contributed by atoms with van der Waals surface area (Å²) in [5, 5.41) is 7.95. The number of para-hydroxylation sites is 1. The molecule has 0 radical (unpaired) electrons. The first-order valence-electron chi connectivity index (χ1n) is 9.67. The predicted molar refractivity (Wildman–Crippen MR) is 109 cm³/mol.